The maximum Gasteiger partial charge on any atom is 0.272 e. The number of benzene rings is 6. The number of hydrogen-bond donors (Lipinski definition) is 1. The molecule has 10 rings (SSSR count). The summed E-state index contributed by atoms with van der Waals surface area (Å²) in [5.41, 5.74) is 4.23. The largest absolute Gasteiger partial charge is 0.387 e. The van der Waals surface area contributed by atoms with Gasteiger partial charge in [0.2, 0.25) is 0 Å². The monoisotopic (exact) mass is 762 g/mol. The molecule has 4 bridgehead atoms. The van der Waals surface area contributed by atoms with Gasteiger partial charge in [-0.2, -0.15) is 0 Å². The second-order valence-corrected chi connectivity index (χ2v) is 14.5. The fourth-order valence-corrected chi connectivity index (χ4v) is 8.76. The Balaban J connectivity index is 0.920. The van der Waals surface area contributed by atoms with Crippen LogP contribution in [-0.2, 0) is 44.4 Å². The summed E-state index contributed by atoms with van der Waals surface area (Å²) in [5, 5.41) is 11.5. The molecule has 1 aliphatic carbocycles. The van der Waals surface area contributed by atoms with E-state index in [0.717, 1.165) is 33.4 Å². The summed E-state index contributed by atoms with van der Waals surface area (Å²) in [5.74, 6) is 0. The first-order valence-corrected chi connectivity index (χ1v) is 19.7. The van der Waals surface area contributed by atoms with Gasteiger partial charge in [-0.15, -0.1) is 0 Å². The second-order valence-electron chi connectivity index (χ2n) is 14.5. The lowest BCUT2D eigenvalue weighted by atomic mass is 9.80. The highest BCUT2D eigenvalue weighted by atomic mass is 16.9. The average Bonchev–Trinajstić information content (AvgIpc) is 3.28. The SMILES string of the molecule is OC1[C@H]2OC3OC([C@@H]2OCCOC(c2ccccc2)(c2ccccc2)c2ccccc2)[C@H](OCCOC(c2ccccc2)(c2ccccc2)c2ccccc2)[C@H]1O3. The first kappa shape index (κ1) is 37.6. The highest BCUT2D eigenvalue weighted by Crippen LogP contribution is 2.44. The van der Waals surface area contributed by atoms with Crippen molar-refractivity contribution in [1.29, 1.82) is 0 Å². The Hall–Kier alpha value is -5.00. The van der Waals surface area contributed by atoms with Crippen LogP contribution in [0, 0.1) is 0 Å². The molecule has 3 unspecified atom stereocenters. The predicted molar refractivity (Wildman–Crippen MR) is 214 cm³/mol. The Bertz CT molecular complexity index is 1790. The van der Waals surface area contributed by atoms with Crippen LogP contribution < -0.4 is 0 Å². The topological polar surface area (TPSA) is 84.8 Å². The minimum atomic E-state index is -0.979. The molecule has 1 N–H and O–H groups in total. The lowest BCUT2D eigenvalue weighted by Gasteiger charge is -2.57. The van der Waals surface area contributed by atoms with Crippen LogP contribution in [0.1, 0.15) is 33.4 Å². The molecule has 8 nitrogen and oxygen atoms in total. The fraction of sp³-hybridized carbons (Fsp3) is 0.265. The van der Waals surface area contributed by atoms with E-state index < -0.39 is 54.3 Å². The molecule has 3 saturated heterocycles. The Morgan fingerprint density at radius 2 is 0.632 bits per heavy atom. The van der Waals surface area contributed by atoms with Crippen LogP contribution in [0.2, 0.25) is 0 Å². The normalized spacial score (nSPS) is 24.1. The van der Waals surface area contributed by atoms with Gasteiger partial charge in [0, 0.05) is 0 Å². The van der Waals surface area contributed by atoms with E-state index in [1.165, 1.54) is 0 Å². The van der Waals surface area contributed by atoms with E-state index in [1.54, 1.807) is 0 Å². The van der Waals surface area contributed by atoms with E-state index in [1.807, 2.05) is 109 Å². The van der Waals surface area contributed by atoms with Gasteiger partial charge >= 0.3 is 0 Å². The molecule has 6 aromatic rings. The summed E-state index contributed by atoms with van der Waals surface area (Å²) in [6.07, 6.45) is -4.06. The van der Waals surface area contributed by atoms with Crippen molar-refractivity contribution in [1.82, 2.24) is 0 Å². The van der Waals surface area contributed by atoms with Crippen LogP contribution in [0.3, 0.4) is 0 Å². The van der Waals surface area contributed by atoms with Crippen LogP contribution in [0.5, 0.6) is 0 Å². The first-order chi connectivity index (χ1) is 28.2. The second kappa shape index (κ2) is 16.8. The molecule has 7 atom stereocenters. The first-order valence-electron chi connectivity index (χ1n) is 19.7. The lowest BCUT2D eigenvalue weighted by molar-refractivity contribution is -0.486. The van der Waals surface area contributed by atoms with E-state index in [4.69, 9.17) is 33.2 Å². The zero-order valence-corrected chi connectivity index (χ0v) is 31.5. The molecule has 6 aromatic carbocycles. The summed E-state index contributed by atoms with van der Waals surface area (Å²) in [7, 11) is 0. The summed E-state index contributed by atoms with van der Waals surface area (Å²) in [4.78, 5) is 0. The zero-order valence-electron chi connectivity index (χ0n) is 31.5. The molecule has 1 saturated carbocycles. The molecule has 0 aromatic heterocycles. The van der Waals surface area contributed by atoms with Crippen molar-refractivity contribution in [3.63, 3.8) is 0 Å². The number of aliphatic hydroxyl groups excluding tert-OH is 1. The van der Waals surface area contributed by atoms with Crippen LogP contribution in [0.25, 0.3) is 0 Å². The van der Waals surface area contributed by atoms with Gasteiger partial charge in [0.25, 0.3) is 6.48 Å². The third-order valence-electron chi connectivity index (χ3n) is 11.3. The zero-order chi connectivity index (χ0) is 38.5. The van der Waals surface area contributed by atoms with Crippen molar-refractivity contribution in [2.75, 3.05) is 26.4 Å². The Morgan fingerprint density at radius 3 is 0.912 bits per heavy atom. The number of ether oxygens (including phenoxy) is 7. The maximum absolute atomic E-state index is 11.5. The lowest BCUT2D eigenvalue weighted by Crippen LogP contribution is -2.76. The third-order valence-corrected chi connectivity index (χ3v) is 11.3. The fourth-order valence-electron chi connectivity index (χ4n) is 8.76. The van der Waals surface area contributed by atoms with E-state index in [-0.39, 0.29) is 26.4 Å². The van der Waals surface area contributed by atoms with Crippen molar-refractivity contribution in [3.8, 4) is 0 Å². The van der Waals surface area contributed by atoms with Gasteiger partial charge in [0.1, 0.15) is 47.8 Å². The molecule has 3 aliphatic heterocycles. The minimum Gasteiger partial charge on any atom is -0.387 e. The van der Waals surface area contributed by atoms with E-state index in [9.17, 15) is 5.11 Å². The molecule has 0 amide bonds. The van der Waals surface area contributed by atoms with Gasteiger partial charge < -0.3 is 38.3 Å². The summed E-state index contributed by atoms with van der Waals surface area (Å²) >= 11 is 0. The van der Waals surface area contributed by atoms with Crippen molar-refractivity contribution in [3.05, 3.63) is 215 Å². The van der Waals surface area contributed by atoms with Crippen molar-refractivity contribution in [2.24, 2.45) is 0 Å². The smallest absolute Gasteiger partial charge is 0.272 e. The Kier molecular flexibility index (Phi) is 11.1. The number of hydrogen-bond acceptors (Lipinski definition) is 8. The summed E-state index contributed by atoms with van der Waals surface area (Å²) < 4.78 is 45.2. The van der Waals surface area contributed by atoms with Crippen LogP contribution >= 0.6 is 0 Å². The van der Waals surface area contributed by atoms with E-state index in [0.29, 0.717) is 0 Å². The summed E-state index contributed by atoms with van der Waals surface area (Å²) in [6.45, 7) is 0.0162. The number of rotatable bonds is 16. The number of aliphatic hydroxyl groups is 1. The van der Waals surface area contributed by atoms with Gasteiger partial charge in [-0.1, -0.05) is 182 Å². The quantitative estimate of drug-likeness (QED) is 0.0798. The average molecular weight is 763 g/mol. The van der Waals surface area contributed by atoms with E-state index >= 15 is 0 Å². The minimum absolute atomic E-state index is 0.213. The Morgan fingerprint density at radius 1 is 0.368 bits per heavy atom. The molecular weight excluding hydrogens is 717 g/mol. The molecular formula is C49H46O8. The maximum atomic E-state index is 11.5. The van der Waals surface area contributed by atoms with Crippen LogP contribution in [-0.4, -0.2) is 74.6 Å². The van der Waals surface area contributed by atoms with E-state index in [2.05, 4.69) is 72.8 Å². The molecule has 57 heavy (non-hydrogen) atoms. The highest BCUT2D eigenvalue weighted by molar-refractivity contribution is 5.49. The van der Waals surface area contributed by atoms with Crippen LogP contribution in [0.15, 0.2) is 182 Å². The van der Waals surface area contributed by atoms with Crippen molar-refractivity contribution in [2.45, 2.75) is 54.3 Å². The van der Waals surface area contributed by atoms with Gasteiger partial charge in [0.15, 0.2) is 0 Å². The molecule has 3 heterocycles. The molecule has 4 aliphatic rings. The molecule has 290 valence electrons. The molecule has 0 radical (unpaired) electrons. The Labute approximate surface area is 333 Å². The highest BCUT2D eigenvalue weighted by Gasteiger charge is 2.62. The predicted octanol–water partition coefficient (Wildman–Crippen LogP) is 7.62. The molecule has 8 heteroatoms. The van der Waals surface area contributed by atoms with Crippen molar-refractivity contribution >= 4 is 0 Å². The van der Waals surface area contributed by atoms with Gasteiger partial charge in [0.05, 0.1) is 26.4 Å². The van der Waals surface area contributed by atoms with Gasteiger partial charge in [-0.25, -0.2) is 0 Å². The molecule has 4 fully saturated rings. The van der Waals surface area contributed by atoms with Gasteiger partial charge in [-0.05, 0) is 33.4 Å². The summed E-state index contributed by atoms with van der Waals surface area (Å²) in [6, 6.07) is 61.4. The standard InChI is InChI=1S/C49H46O8/c50-41-42-44(51-31-33-53-48(35-19-7-1-8-20-35,36-21-9-2-10-22-36)37-23-11-3-12-24-37)46-45(43(41)56-47(55-42)57-46)52-32-34-54-49(38-25-13-4-14-26-38,39-27-15-5-16-28-39)40-29-17-6-18-30-40/h1-30,41-47,50H,31-34H2/t41?,42-,43+,44-,45-,46?,47?/m1/s1. The third kappa shape index (κ3) is 7.14. The van der Waals surface area contributed by atoms with Crippen molar-refractivity contribution < 1.29 is 38.3 Å². The van der Waals surface area contributed by atoms with Gasteiger partial charge in [-0.3, -0.25) is 0 Å². The van der Waals surface area contributed by atoms with Crippen LogP contribution in [0.4, 0.5) is 0 Å². The molecule has 0 spiro atoms.